The normalized spacial score (nSPS) is 13.3. The van der Waals surface area contributed by atoms with E-state index in [0.29, 0.717) is 6.04 Å². The molecule has 0 radical (unpaired) electrons. The Morgan fingerprint density at radius 1 is 1.67 bits per heavy atom. The molecule has 1 heterocycles. The van der Waals surface area contributed by atoms with E-state index < -0.39 is 0 Å². The Balaban J connectivity index is 2.88. The van der Waals surface area contributed by atoms with Crippen molar-refractivity contribution in [1.29, 1.82) is 0 Å². The summed E-state index contributed by atoms with van der Waals surface area (Å²) in [5.41, 5.74) is 2.35. The fourth-order valence-electron chi connectivity index (χ4n) is 1.22. The van der Waals surface area contributed by atoms with E-state index in [0.717, 1.165) is 12.2 Å². The fraction of sp³-hybridized carbons (Fsp3) is 0.667. The minimum Gasteiger partial charge on any atom is -0.312 e. The maximum atomic E-state index is 4.45. The Morgan fingerprint density at radius 2 is 2.33 bits per heavy atom. The van der Waals surface area contributed by atoms with Gasteiger partial charge in [0, 0.05) is 18.3 Å². The summed E-state index contributed by atoms with van der Waals surface area (Å²) in [6.07, 6.45) is 0. The minimum atomic E-state index is 0.344. The average molecular weight is 167 g/mol. The summed E-state index contributed by atoms with van der Waals surface area (Å²) in [4.78, 5) is 0. The highest BCUT2D eigenvalue weighted by atomic mass is 15.3. The topological polar surface area (TPSA) is 29.9 Å². The van der Waals surface area contributed by atoms with E-state index in [4.69, 9.17) is 0 Å². The molecule has 1 aromatic rings. The molecule has 0 spiro atoms. The van der Waals surface area contributed by atoms with Crippen LogP contribution in [0.15, 0.2) is 6.07 Å². The van der Waals surface area contributed by atoms with Crippen LogP contribution in [0.3, 0.4) is 0 Å². The number of hydrogen-bond donors (Lipinski definition) is 1. The van der Waals surface area contributed by atoms with Gasteiger partial charge in [-0.15, -0.1) is 0 Å². The summed E-state index contributed by atoms with van der Waals surface area (Å²) in [6.45, 7) is 7.25. The first kappa shape index (κ1) is 9.26. The molecule has 0 fully saturated rings. The molecule has 68 valence electrons. The van der Waals surface area contributed by atoms with Gasteiger partial charge in [-0.3, -0.25) is 4.68 Å². The lowest BCUT2D eigenvalue weighted by atomic mass is 10.2. The van der Waals surface area contributed by atoms with Gasteiger partial charge in [-0.1, -0.05) is 0 Å². The van der Waals surface area contributed by atoms with E-state index in [1.165, 1.54) is 5.69 Å². The summed E-state index contributed by atoms with van der Waals surface area (Å²) in [5.74, 6) is 0. The van der Waals surface area contributed by atoms with E-state index in [1.807, 2.05) is 11.7 Å². The number of nitrogens with one attached hydrogen (secondary N) is 1. The summed E-state index contributed by atoms with van der Waals surface area (Å²) in [6, 6.07) is 2.47. The van der Waals surface area contributed by atoms with E-state index >= 15 is 0 Å². The van der Waals surface area contributed by atoms with Crippen LogP contribution in [-0.4, -0.2) is 16.8 Å². The van der Waals surface area contributed by atoms with Gasteiger partial charge in [0.1, 0.15) is 0 Å². The SMILES string of the molecule is CCn1nc(C(C)NC)cc1C. The molecule has 0 amide bonds. The predicted molar refractivity (Wildman–Crippen MR) is 50.1 cm³/mol. The van der Waals surface area contributed by atoms with Crippen molar-refractivity contribution in [1.82, 2.24) is 15.1 Å². The molecule has 0 aromatic carbocycles. The lowest BCUT2D eigenvalue weighted by Gasteiger charge is -2.04. The van der Waals surface area contributed by atoms with Crippen molar-refractivity contribution in [3.8, 4) is 0 Å². The molecular formula is C9H17N3. The van der Waals surface area contributed by atoms with Crippen molar-refractivity contribution in [3.05, 3.63) is 17.5 Å². The van der Waals surface area contributed by atoms with Crippen LogP contribution >= 0.6 is 0 Å². The zero-order valence-corrected chi connectivity index (χ0v) is 8.26. The van der Waals surface area contributed by atoms with Crippen molar-refractivity contribution >= 4 is 0 Å². The Hall–Kier alpha value is -0.830. The second kappa shape index (κ2) is 3.72. The molecule has 12 heavy (non-hydrogen) atoms. The van der Waals surface area contributed by atoms with Crippen LogP contribution in [0.4, 0.5) is 0 Å². The maximum absolute atomic E-state index is 4.45. The van der Waals surface area contributed by atoms with Gasteiger partial charge in [-0.2, -0.15) is 5.10 Å². The summed E-state index contributed by atoms with van der Waals surface area (Å²) < 4.78 is 2.02. The molecular weight excluding hydrogens is 150 g/mol. The lowest BCUT2D eigenvalue weighted by Crippen LogP contribution is -2.13. The van der Waals surface area contributed by atoms with Crippen molar-refractivity contribution < 1.29 is 0 Å². The molecule has 0 aliphatic heterocycles. The molecule has 1 rings (SSSR count). The number of aromatic nitrogens is 2. The quantitative estimate of drug-likeness (QED) is 0.739. The summed E-state index contributed by atoms with van der Waals surface area (Å²) >= 11 is 0. The van der Waals surface area contributed by atoms with Gasteiger partial charge < -0.3 is 5.32 Å². The van der Waals surface area contributed by atoms with Crippen molar-refractivity contribution in [2.24, 2.45) is 0 Å². The molecule has 0 bridgehead atoms. The van der Waals surface area contributed by atoms with Crippen molar-refractivity contribution in [2.75, 3.05) is 7.05 Å². The second-order valence-corrected chi connectivity index (χ2v) is 3.04. The van der Waals surface area contributed by atoms with Crippen LogP contribution in [0, 0.1) is 6.92 Å². The molecule has 0 saturated heterocycles. The van der Waals surface area contributed by atoms with Gasteiger partial charge in [0.2, 0.25) is 0 Å². The smallest absolute Gasteiger partial charge is 0.0793 e. The summed E-state index contributed by atoms with van der Waals surface area (Å²) in [7, 11) is 1.95. The Kier molecular flexibility index (Phi) is 2.87. The van der Waals surface area contributed by atoms with Gasteiger partial charge in [-0.25, -0.2) is 0 Å². The number of nitrogens with zero attached hydrogens (tertiary/aromatic N) is 2. The first-order chi connectivity index (χ1) is 5.69. The third kappa shape index (κ3) is 1.67. The first-order valence-electron chi connectivity index (χ1n) is 4.40. The van der Waals surface area contributed by atoms with Crippen LogP contribution in [0.25, 0.3) is 0 Å². The van der Waals surface area contributed by atoms with Gasteiger partial charge in [0.05, 0.1) is 5.69 Å². The van der Waals surface area contributed by atoms with Crippen LogP contribution in [0.1, 0.15) is 31.3 Å². The maximum Gasteiger partial charge on any atom is 0.0793 e. The monoisotopic (exact) mass is 167 g/mol. The molecule has 1 N–H and O–H groups in total. The fourth-order valence-corrected chi connectivity index (χ4v) is 1.22. The lowest BCUT2D eigenvalue weighted by molar-refractivity contribution is 0.582. The largest absolute Gasteiger partial charge is 0.312 e. The Morgan fingerprint density at radius 3 is 2.75 bits per heavy atom. The van der Waals surface area contributed by atoms with Crippen LogP contribution in [-0.2, 0) is 6.54 Å². The highest BCUT2D eigenvalue weighted by Gasteiger charge is 2.07. The zero-order chi connectivity index (χ0) is 9.14. The molecule has 1 unspecified atom stereocenters. The highest BCUT2D eigenvalue weighted by Crippen LogP contribution is 2.11. The number of aryl methyl sites for hydroxylation is 2. The average Bonchev–Trinajstić information content (AvgIpc) is 2.45. The first-order valence-corrected chi connectivity index (χ1v) is 4.40. The molecule has 0 saturated carbocycles. The van der Waals surface area contributed by atoms with Gasteiger partial charge >= 0.3 is 0 Å². The predicted octanol–water partition coefficient (Wildman–Crippen LogP) is 1.49. The number of hydrogen-bond acceptors (Lipinski definition) is 2. The molecule has 1 aromatic heterocycles. The summed E-state index contributed by atoms with van der Waals surface area (Å²) in [5, 5.41) is 7.62. The Bertz CT molecular complexity index is 252. The number of rotatable bonds is 3. The zero-order valence-electron chi connectivity index (χ0n) is 8.26. The van der Waals surface area contributed by atoms with Gasteiger partial charge in [-0.05, 0) is 33.9 Å². The second-order valence-electron chi connectivity index (χ2n) is 3.04. The van der Waals surface area contributed by atoms with E-state index in [-0.39, 0.29) is 0 Å². The van der Waals surface area contributed by atoms with Crippen LogP contribution in [0.5, 0.6) is 0 Å². The van der Waals surface area contributed by atoms with Gasteiger partial charge in [0.25, 0.3) is 0 Å². The minimum absolute atomic E-state index is 0.344. The third-order valence-electron chi connectivity index (χ3n) is 2.18. The molecule has 0 aliphatic carbocycles. The van der Waals surface area contributed by atoms with Gasteiger partial charge in [0.15, 0.2) is 0 Å². The molecule has 0 aliphatic rings. The van der Waals surface area contributed by atoms with E-state index in [9.17, 15) is 0 Å². The van der Waals surface area contributed by atoms with E-state index in [2.05, 4.69) is 37.3 Å². The van der Waals surface area contributed by atoms with E-state index in [1.54, 1.807) is 0 Å². The molecule has 3 heteroatoms. The van der Waals surface area contributed by atoms with Crippen LogP contribution < -0.4 is 5.32 Å². The third-order valence-corrected chi connectivity index (χ3v) is 2.18. The Labute approximate surface area is 73.8 Å². The molecule has 1 atom stereocenters. The standard InChI is InChI=1S/C9H17N3/c1-5-12-7(2)6-9(11-12)8(3)10-4/h6,8,10H,5H2,1-4H3. The van der Waals surface area contributed by atoms with Crippen molar-refractivity contribution in [3.63, 3.8) is 0 Å². The molecule has 3 nitrogen and oxygen atoms in total. The van der Waals surface area contributed by atoms with Crippen LogP contribution in [0.2, 0.25) is 0 Å². The highest BCUT2D eigenvalue weighted by molar-refractivity contribution is 5.11. The van der Waals surface area contributed by atoms with Crippen molar-refractivity contribution in [2.45, 2.75) is 33.4 Å².